The number of nitrogens with zero attached hydrogens (tertiary/aromatic N) is 1. The van der Waals surface area contributed by atoms with Gasteiger partial charge in [-0.05, 0) is 48.4 Å². The van der Waals surface area contributed by atoms with E-state index in [0.717, 1.165) is 5.56 Å². The molecule has 8 heteroatoms. The van der Waals surface area contributed by atoms with E-state index >= 15 is 0 Å². The normalized spacial score (nSPS) is 13.9. The van der Waals surface area contributed by atoms with Crippen LogP contribution in [0.4, 0.5) is 11.4 Å². The van der Waals surface area contributed by atoms with Gasteiger partial charge in [0.2, 0.25) is 5.91 Å². The van der Waals surface area contributed by atoms with Gasteiger partial charge in [-0.25, -0.2) is 13.2 Å². The zero-order valence-electron chi connectivity index (χ0n) is 14.4. The molecule has 136 valence electrons. The number of carbonyl (C=O) groups excluding carboxylic acids is 2. The summed E-state index contributed by atoms with van der Waals surface area (Å²) in [6, 6.07) is 10.7. The first-order chi connectivity index (χ1) is 12.3. The molecule has 1 aliphatic rings. The van der Waals surface area contributed by atoms with Crippen molar-refractivity contribution in [3.05, 3.63) is 53.6 Å². The van der Waals surface area contributed by atoms with Gasteiger partial charge in [-0.3, -0.25) is 9.52 Å². The van der Waals surface area contributed by atoms with Crippen LogP contribution in [0.25, 0.3) is 0 Å². The van der Waals surface area contributed by atoms with E-state index < -0.39 is 16.0 Å². The van der Waals surface area contributed by atoms with E-state index in [2.05, 4.69) is 9.46 Å². The average molecular weight is 374 g/mol. The van der Waals surface area contributed by atoms with E-state index in [1.54, 1.807) is 31.3 Å². The molecule has 7 nitrogen and oxygen atoms in total. The molecule has 1 N–H and O–H groups in total. The van der Waals surface area contributed by atoms with Gasteiger partial charge in [-0.15, -0.1) is 0 Å². The van der Waals surface area contributed by atoms with Gasteiger partial charge < -0.3 is 9.64 Å². The molecule has 2 aromatic rings. The second-order valence-corrected chi connectivity index (χ2v) is 7.60. The fourth-order valence-electron chi connectivity index (χ4n) is 2.84. The highest BCUT2D eigenvalue weighted by molar-refractivity contribution is 7.92. The molecule has 0 atom stereocenters. The van der Waals surface area contributed by atoms with Crippen molar-refractivity contribution >= 4 is 33.3 Å². The quantitative estimate of drug-likeness (QED) is 0.828. The number of esters is 1. The van der Waals surface area contributed by atoms with E-state index in [1.807, 2.05) is 0 Å². The molecular formula is C18H18N2O5S. The Labute approximate surface area is 151 Å². The molecule has 0 aliphatic carbocycles. The minimum Gasteiger partial charge on any atom is -0.465 e. The fraction of sp³-hybridized carbons (Fsp3) is 0.222. The minimum atomic E-state index is -3.83. The maximum atomic E-state index is 12.7. The molecule has 1 amide bonds. The van der Waals surface area contributed by atoms with Gasteiger partial charge in [0, 0.05) is 24.8 Å². The van der Waals surface area contributed by atoms with Crippen LogP contribution in [0.15, 0.2) is 47.4 Å². The number of methoxy groups -OCH3 is 1. The SMILES string of the molecule is COC(=O)c1cccc(NS(=O)(=O)c2ccc3c(c2)CCC(=O)N3C)c1. The summed E-state index contributed by atoms with van der Waals surface area (Å²) in [5.41, 5.74) is 2.03. The third-order valence-corrected chi connectivity index (χ3v) is 5.62. The topological polar surface area (TPSA) is 92.8 Å². The summed E-state index contributed by atoms with van der Waals surface area (Å²) in [5, 5.41) is 0. The molecule has 1 heterocycles. The zero-order valence-corrected chi connectivity index (χ0v) is 15.2. The van der Waals surface area contributed by atoms with Crippen molar-refractivity contribution < 1.29 is 22.7 Å². The predicted octanol–water partition coefficient (Wildman–Crippen LogP) is 2.18. The predicted molar refractivity (Wildman–Crippen MR) is 96.8 cm³/mol. The lowest BCUT2D eigenvalue weighted by Crippen LogP contribution is -2.31. The smallest absolute Gasteiger partial charge is 0.337 e. The molecule has 26 heavy (non-hydrogen) atoms. The van der Waals surface area contributed by atoms with Gasteiger partial charge >= 0.3 is 5.97 Å². The second-order valence-electron chi connectivity index (χ2n) is 5.92. The Bertz CT molecular complexity index is 985. The Balaban J connectivity index is 1.90. The fourth-order valence-corrected chi connectivity index (χ4v) is 3.94. The first kappa shape index (κ1) is 17.9. The number of nitrogens with one attached hydrogen (secondary N) is 1. The van der Waals surface area contributed by atoms with Gasteiger partial charge in [0.25, 0.3) is 10.0 Å². The number of sulfonamides is 1. The third-order valence-electron chi connectivity index (χ3n) is 4.24. The van der Waals surface area contributed by atoms with Crippen molar-refractivity contribution in [3.63, 3.8) is 0 Å². The van der Waals surface area contributed by atoms with Crippen molar-refractivity contribution in [2.24, 2.45) is 0 Å². The van der Waals surface area contributed by atoms with Crippen molar-refractivity contribution in [2.45, 2.75) is 17.7 Å². The van der Waals surface area contributed by atoms with Crippen molar-refractivity contribution in [1.82, 2.24) is 0 Å². The summed E-state index contributed by atoms with van der Waals surface area (Å²) < 4.78 is 32.5. The number of anilines is 2. The maximum Gasteiger partial charge on any atom is 0.337 e. The number of aryl methyl sites for hydroxylation is 1. The van der Waals surface area contributed by atoms with Crippen molar-refractivity contribution in [1.29, 1.82) is 0 Å². The number of ether oxygens (including phenoxy) is 1. The zero-order chi connectivity index (χ0) is 18.9. The Kier molecular flexibility index (Phi) is 4.69. The molecule has 3 rings (SSSR count). The van der Waals surface area contributed by atoms with Gasteiger partial charge in [-0.2, -0.15) is 0 Å². The molecule has 1 aliphatic heterocycles. The molecule has 0 unspecified atom stereocenters. The van der Waals surface area contributed by atoms with Crippen LogP contribution in [0.5, 0.6) is 0 Å². The number of benzene rings is 2. The van der Waals surface area contributed by atoms with Crippen LogP contribution < -0.4 is 9.62 Å². The molecule has 0 saturated heterocycles. The molecule has 0 aromatic heterocycles. The Morgan fingerprint density at radius 1 is 1.15 bits per heavy atom. The third kappa shape index (κ3) is 3.41. The molecule has 0 spiro atoms. The first-order valence-electron chi connectivity index (χ1n) is 7.92. The Morgan fingerprint density at radius 3 is 2.65 bits per heavy atom. The largest absolute Gasteiger partial charge is 0.465 e. The monoisotopic (exact) mass is 374 g/mol. The van der Waals surface area contributed by atoms with Gasteiger partial charge in [-0.1, -0.05) is 6.07 Å². The van der Waals surface area contributed by atoms with Crippen LogP contribution in [0.1, 0.15) is 22.3 Å². The minimum absolute atomic E-state index is 0.00542. The van der Waals surface area contributed by atoms with E-state index in [0.29, 0.717) is 18.5 Å². The van der Waals surface area contributed by atoms with Gasteiger partial charge in [0.05, 0.1) is 17.6 Å². The molecular weight excluding hydrogens is 356 g/mol. The maximum absolute atomic E-state index is 12.7. The summed E-state index contributed by atoms with van der Waals surface area (Å²) in [7, 11) is -0.903. The lowest BCUT2D eigenvalue weighted by Gasteiger charge is -2.26. The van der Waals surface area contributed by atoms with E-state index in [-0.39, 0.29) is 22.1 Å². The van der Waals surface area contributed by atoms with Crippen LogP contribution in [-0.2, 0) is 26.0 Å². The van der Waals surface area contributed by atoms with E-state index in [4.69, 9.17) is 0 Å². The summed E-state index contributed by atoms with van der Waals surface area (Å²) in [4.78, 5) is 25.0. The Morgan fingerprint density at radius 2 is 1.92 bits per heavy atom. The number of hydrogen-bond acceptors (Lipinski definition) is 5. The first-order valence-corrected chi connectivity index (χ1v) is 9.41. The van der Waals surface area contributed by atoms with Crippen molar-refractivity contribution in [3.8, 4) is 0 Å². The van der Waals surface area contributed by atoms with Crippen molar-refractivity contribution in [2.75, 3.05) is 23.8 Å². The highest BCUT2D eigenvalue weighted by Crippen LogP contribution is 2.29. The van der Waals surface area contributed by atoms with E-state index in [1.165, 1.54) is 30.2 Å². The molecule has 2 aromatic carbocycles. The molecule has 0 saturated carbocycles. The highest BCUT2D eigenvalue weighted by atomic mass is 32.2. The summed E-state index contributed by atoms with van der Waals surface area (Å²) in [6.07, 6.45) is 0.849. The Hall–Kier alpha value is -2.87. The van der Waals surface area contributed by atoms with E-state index in [9.17, 15) is 18.0 Å². The summed E-state index contributed by atoms with van der Waals surface area (Å²) in [5.74, 6) is -0.543. The highest BCUT2D eigenvalue weighted by Gasteiger charge is 2.23. The second kappa shape index (κ2) is 6.80. The number of carbonyl (C=O) groups is 2. The van der Waals surface area contributed by atoms with Crippen LogP contribution in [-0.4, -0.2) is 34.5 Å². The van der Waals surface area contributed by atoms with Crippen LogP contribution >= 0.6 is 0 Å². The number of rotatable bonds is 4. The number of amides is 1. The lowest BCUT2D eigenvalue weighted by atomic mass is 10.0. The molecule has 0 bridgehead atoms. The van der Waals surface area contributed by atoms with Gasteiger partial charge in [0.15, 0.2) is 0 Å². The van der Waals surface area contributed by atoms with Crippen LogP contribution in [0.2, 0.25) is 0 Å². The standard InChI is InChI=1S/C18H18N2O5S/c1-20-16-8-7-15(11-12(16)6-9-17(20)21)26(23,24)19-14-5-3-4-13(10-14)18(22)25-2/h3-5,7-8,10-11,19H,6,9H2,1-2H3. The summed E-state index contributed by atoms with van der Waals surface area (Å²) in [6.45, 7) is 0. The average Bonchev–Trinajstić information content (AvgIpc) is 2.63. The lowest BCUT2D eigenvalue weighted by molar-refractivity contribution is -0.118. The summed E-state index contributed by atoms with van der Waals surface area (Å²) >= 11 is 0. The number of hydrogen-bond donors (Lipinski definition) is 1. The number of fused-ring (bicyclic) bond motifs is 1. The van der Waals surface area contributed by atoms with Crippen LogP contribution in [0, 0.1) is 0 Å². The molecule has 0 fully saturated rings. The molecule has 0 radical (unpaired) electrons. The van der Waals surface area contributed by atoms with Gasteiger partial charge in [0.1, 0.15) is 0 Å². The van der Waals surface area contributed by atoms with Crippen LogP contribution in [0.3, 0.4) is 0 Å².